The molecule has 1 N–H and O–H groups in total. The summed E-state index contributed by atoms with van der Waals surface area (Å²) < 4.78 is 5.47. The zero-order valence-corrected chi connectivity index (χ0v) is 17.7. The Balaban J connectivity index is 1.75. The number of hydrogen-bond donors (Lipinski definition) is 1. The molecule has 1 aliphatic heterocycles. The number of hydrogen-bond acceptors (Lipinski definition) is 4. The third-order valence-corrected chi connectivity index (χ3v) is 4.74. The highest BCUT2D eigenvalue weighted by atomic mass is 16.6. The van der Waals surface area contributed by atoms with Gasteiger partial charge in [0.05, 0.1) is 0 Å². The van der Waals surface area contributed by atoms with Crippen LogP contribution in [0.1, 0.15) is 52.0 Å². The molecule has 1 heterocycles. The van der Waals surface area contributed by atoms with Gasteiger partial charge in [-0.15, -0.1) is 0 Å². The molecule has 1 fully saturated rings. The Bertz CT molecular complexity index is 628. The number of nitrogens with one attached hydrogen (secondary N) is 1. The first-order valence-corrected chi connectivity index (χ1v) is 10.3. The fourth-order valence-corrected chi connectivity index (χ4v) is 3.40. The summed E-state index contributed by atoms with van der Waals surface area (Å²) in [6, 6.07) is 9.92. The van der Waals surface area contributed by atoms with E-state index in [1.807, 2.05) is 39.0 Å². The lowest BCUT2D eigenvalue weighted by Crippen LogP contribution is -2.53. The highest BCUT2D eigenvalue weighted by molar-refractivity contribution is 5.85. The molecular weight excluding hydrogens is 354 g/mol. The molecule has 0 bridgehead atoms. The van der Waals surface area contributed by atoms with E-state index in [2.05, 4.69) is 29.4 Å². The predicted octanol–water partition coefficient (Wildman–Crippen LogP) is 3.41. The maximum Gasteiger partial charge on any atom is 0.410 e. The lowest BCUT2D eigenvalue weighted by Gasteiger charge is -2.35. The highest BCUT2D eigenvalue weighted by Crippen LogP contribution is 2.20. The van der Waals surface area contributed by atoms with E-state index < -0.39 is 17.7 Å². The summed E-state index contributed by atoms with van der Waals surface area (Å²) in [7, 11) is 2.08. The van der Waals surface area contributed by atoms with Gasteiger partial charge in [0.25, 0.3) is 0 Å². The van der Waals surface area contributed by atoms with E-state index in [0.29, 0.717) is 19.5 Å². The fourth-order valence-electron chi connectivity index (χ4n) is 3.40. The molecule has 2 rings (SSSR count). The second kappa shape index (κ2) is 10.5. The smallest absolute Gasteiger partial charge is 0.410 e. The Morgan fingerprint density at radius 1 is 1.21 bits per heavy atom. The summed E-state index contributed by atoms with van der Waals surface area (Å²) >= 11 is 0. The second-order valence-electron chi connectivity index (χ2n) is 8.55. The van der Waals surface area contributed by atoms with Crippen molar-refractivity contribution in [2.75, 3.05) is 26.7 Å². The second-order valence-corrected chi connectivity index (χ2v) is 8.55. The quantitative estimate of drug-likeness (QED) is 0.726. The van der Waals surface area contributed by atoms with E-state index in [9.17, 15) is 9.59 Å². The number of carbonyl (C=O) groups is 2. The molecule has 1 saturated heterocycles. The van der Waals surface area contributed by atoms with Crippen LogP contribution in [0.15, 0.2) is 30.3 Å². The minimum Gasteiger partial charge on any atom is -0.444 e. The molecule has 0 aliphatic carbocycles. The van der Waals surface area contributed by atoms with Crippen LogP contribution in [0.3, 0.4) is 0 Å². The molecular formula is C22H35N3O3. The highest BCUT2D eigenvalue weighted by Gasteiger charge is 2.34. The molecule has 6 nitrogen and oxygen atoms in total. The molecule has 1 unspecified atom stereocenters. The lowest BCUT2D eigenvalue weighted by molar-refractivity contribution is -0.127. The average Bonchev–Trinajstić information content (AvgIpc) is 2.64. The topological polar surface area (TPSA) is 61.9 Å². The van der Waals surface area contributed by atoms with E-state index in [4.69, 9.17) is 4.74 Å². The maximum atomic E-state index is 12.6. The number of nitrogens with zero attached hydrogens (tertiary/aromatic N) is 2. The zero-order valence-electron chi connectivity index (χ0n) is 17.7. The van der Waals surface area contributed by atoms with Crippen molar-refractivity contribution in [3.8, 4) is 0 Å². The Hall–Kier alpha value is -2.08. The van der Waals surface area contributed by atoms with Crippen molar-refractivity contribution in [3.63, 3.8) is 0 Å². The number of ether oxygens (including phenoxy) is 1. The largest absolute Gasteiger partial charge is 0.444 e. The van der Waals surface area contributed by atoms with Crippen LogP contribution in [0, 0.1) is 0 Å². The third-order valence-electron chi connectivity index (χ3n) is 4.74. The van der Waals surface area contributed by atoms with E-state index >= 15 is 0 Å². The van der Waals surface area contributed by atoms with Gasteiger partial charge in [0, 0.05) is 19.6 Å². The summed E-state index contributed by atoms with van der Waals surface area (Å²) in [6.45, 7) is 8.50. The number of carbonyl (C=O) groups excluding carboxylic acids is 2. The first-order chi connectivity index (χ1) is 13.3. The molecule has 6 heteroatoms. The van der Waals surface area contributed by atoms with Gasteiger partial charge in [0.15, 0.2) is 0 Å². The summed E-state index contributed by atoms with van der Waals surface area (Å²) in [5.74, 6) is -0.0729. The summed E-state index contributed by atoms with van der Waals surface area (Å²) in [5, 5.41) is 3.00. The van der Waals surface area contributed by atoms with Gasteiger partial charge in [0.1, 0.15) is 11.6 Å². The Morgan fingerprint density at radius 3 is 2.61 bits per heavy atom. The molecule has 0 spiro atoms. The van der Waals surface area contributed by atoms with Gasteiger partial charge < -0.3 is 15.0 Å². The van der Waals surface area contributed by atoms with Gasteiger partial charge in [-0.3, -0.25) is 9.69 Å². The van der Waals surface area contributed by atoms with Crippen LogP contribution >= 0.6 is 0 Å². The van der Waals surface area contributed by atoms with Crippen LogP contribution in [-0.4, -0.2) is 60.1 Å². The number of likely N-dealkylation sites (tertiary alicyclic amines) is 1. The molecule has 1 aromatic carbocycles. The molecule has 2 amide bonds. The van der Waals surface area contributed by atoms with Crippen molar-refractivity contribution in [2.24, 2.45) is 0 Å². The maximum absolute atomic E-state index is 12.6. The Labute approximate surface area is 169 Å². The van der Waals surface area contributed by atoms with Crippen LogP contribution in [-0.2, 0) is 16.1 Å². The first kappa shape index (κ1) is 22.2. The van der Waals surface area contributed by atoms with Gasteiger partial charge in [-0.25, -0.2) is 4.79 Å². The van der Waals surface area contributed by atoms with Crippen LogP contribution < -0.4 is 5.32 Å². The monoisotopic (exact) mass is 389 g/mol. The number of piperidine rings is 1. The van der Waals surface area contributed by atoms with E-state index in [1.165, 1.54) is 5.56 Å². The van der Waals surface area contributed by atoms with Gasteiger partial charge in [0.2, 0.25) is 5.91 Å². The standard InChI is InChI=1S/C22H35N3O3/c1-22(2,3)28-21(27)25-16-9-8-13-19(25)20(26)23-14-10-15-24(4)17-18-11-6-5-7-12-18/h5-7,11-12,19H,8-10,13-17H2,1-4H3,(H,23,26). The molecule has 0 radical (unpaired) electrons. The predicted molar refractivity (Wildman–Crippen MR) is 111 cm³/mol. The van der Waals surface area contributed by atoms with E-state index in [1.54, 1.807) is 4.90 Å². The molecule has 0 saturated carbocycles. The number of benzene rings is 1. The van der Waals surface area contributed by atoms with Crippen molar-refractivity contribution in [3.05, 3.63) is 35.9 Å². The molecule has 0 aromatic heterocycles. The summed E-state index contributed by atoms with van der Waals surface area (Å²) in [6.07, 6.45) is 3.03. The SMILES string of the molecule is CN(CCCNC(=O)C1CCCCN1C(=O)OC(C)(C)C)Cc1ccccc1. The molecule has 156 valence electrons. The lowest BCUT2D eigenvalue weighted by atomic mass is 10.0. The fraction of sp³-hybridized carbons (Fsp3) is 0.636. The van der Waals surface area contributed by atoms with Crippen molar-refractivity contribution in [1.82, 2.24) is 15.1 Å². The first-order valence-electron chi connectivity index (χ1n) is 10.3. The van der Waals surface area contributed by atoms with Crippen LogP contribution in [0.25, 0.3) is 0 Å². The molecule has 1 aliphatic rings. The summed E-state index contributed by atoms with van der Waals surface area (Å²) in [4.78, 5) is 28.9. The van der Waals surface area contributed by atoms with E-state index in [0.717, 1.165) is 32.4 Å². The van der Waals surface area contributed by atoms with Crippen molar-refractivity contribution < 1.29 is 14.3 Å². The van der Waals surface area contributed by atoms with Gasteiger partial charge in [-0.2, -0.15) is 0 Å². The van der Waals surface area contributed by atoms with Crippen molar-refractivity contribution in [1.29, 1.82) is 0 Å². The Kier molecular flexibility index (Phi) is 8.30. The van der Waals surface area contributed by atoms with Crippen molar-refractivity contribution in [2.45, 2.75) is 64.6 Å². The molecule has 28 heavy (non-hydrogen) atoms. The van der Waals surface area contributed by atoms with E-state index in [-0.39, 0.29) is 5.91 Å². The van der Waals surface area contributed by atoms with Crippen molar-refractivity contribution >= 4 is 12.0 Å². The normalized spacial score (nSPS) is 17.5. The average molecular weight is 390 g/mol. The zero-order chi connectivity index (χ0) is 20.6. The van der Waals surface area contributed by atoms with Crippen LogP contribution in [0.2, 0.25) is 0 Å². The minimum atomic E-state index is -0.557. The van der Waals surface area contributed by atoms with Gasteiger partial charge >= 0.3 is 6.09 Å². The van der Waals surface area contributed by atoms with Gasteiger partial charge in [-0.05, 0) is 65.6 Å². The van der Waals surface area contributed by atoms with Crippen LogP contribution in [0.5, 0.6) is 0 Å². The number of rotatable bonds is 7. The molecule has 1 atom stereocenters. The number of amides is 2. The molecule has 1 aromatic rings. The third kappa shape index (κ3) is 7.50. The van der Waals surface area contributed by atoms with Gasteiger partial charge in [-0.1, -0.05) is 30.3 Å². The van der Waals surface area contributed by atoms with Crippen LogP contribution in [0.4, 0.5) is 4.79 Å². The Morgan fingerprint density at radius 2 is 1.93 bits per heavy atom. The summed E-state index contributed by atoms with van der Waals surface area (Å²) in [5.41, 5.74) is 0.725. The minimum absolute atomic E-state index is 0.0729.